The summed E-state index contributed by atoms with van der Waals surface area (Å²) in [6.07, 6.45) is 4.54. The second-order valence-corrected chi connectivity index (χ2v) is 10.1. The summed E-state index contributed by atoms with van der Waals surface area (Å²) in [6, 6.07) is 22.7. The molecule has 0 spiro atoms. The minimum atomic E-state index is -0.481. The van der Waals surface area contributed by atoms with Crippen molar-refractivity contribution in [3.8, 4) is 0 Å². The number of hydrazone groups is 1. The Morgan fingerprint density at radius 3 is 2.48 bits per heavy atom. The lowest BCUT2D eigenvalue weighted by Gasteiger charge is -2.32. The van der Waals surface area contributed by atoms with Gasteiger partial charge in [0.2, 0.25) is 17.8 Å². The molecule has 0 atom stereocenters. The molecule has 0 aliphatic carbocycles. The molecule has 204 valence electrons. The van der Waals surface area contributed by atoms with Crippen molar-refractivity contribution >= 4 is 47.0 Å². The largest absolute Gasteiger partial charge is 0.341 e. The number of aromatic nitrogens is 3. The van der Waals surface area contributed by atoms with Gasteiger partial charge in [0.05, 0.1) is 11.1 Å². The van der Waals surface area contributed by atoms with Crippen molar-refractivity contribution in [2.75, 3.05) is 28.7 Å². The quantitative estimate of drug-likeness (QED) is 0.138. The maximum Gasteiger partial charge on any atom is 0.270 e. The molecule has 0 saturated carbocycles. The fourth-order valence-electron chi connectivity index (χ4n) is 4.57. The van der Waals surface area contributed by atoms with E-state index in [1.165, 1.54) is 30.0 Å². The average molecular weight is 557 g/mol. The molecular weight excluding hydrogens is 528 g/mol. The van der Waals surface area contributed by atoms with E-state index in [1.807, 2.05) is 37.3 Å². The van der Waals surface area contributed by atoms with E-state index in [4.69, 9.17) is 16.6 Å². The van der Waals surface area contributed by atoms with E-state index in [9.17, 15) is 10.1 Å². The monoisotopic (exact) mass is 556 g/mol. The lowest BCUT2D eigenvalue weighted by molar-refractivity contribution is -0.384. The number of nitro groups is 1. The van der Waals surface area contributed by atoms with Gasteiger partial charge in [-0.1, -0.05) is 59.6 Å². The summed E-state index contributed by atoms with van der Waals surface area (Å²) >= 11 is 6.20. The summed E-state index contributed by atoms with van der Waals surface area (Å²) < 4.78 is 0. The van der Waals surface area contributed by atoms with Gasteiger partial charge in [-0.15, -0.1) is 0 Å². The van der Waals surface area contributed by atoms with E-state index < -0.39 is 4.92 Å². The van der Waals surface area contributed by atoms with E-state index >= 15 is 0 Å². The third-order valence-electron chi connectivity index (χ3n) is 6.75. The Bertz CT molecular complexity index is 1490. The number of rotatable bonds is 9. The molecule has 1 saturated heterocycles. The first-order chi connectivity index (χ1) is 19.4. The van der Waals surface area contributed by atoms with Crippen LogP contribution in [0.15, 0.2) is 77.9 Å². The normalized spacial score (nSPS) is 13.9. The molecule has 2 N–H and O–H groups in total. The Balaban J connectivity index is 1.33. The number of halogens is 1. The minimum absolute atomic E-state index is 0.0754. The van der Waals surface area contributed by atoms with Gasteiger partial charge >= 0.3 is 0 Å². The molecular formula is C29H29ClN8O2. The molecule has 3 aromatic carbocycles. The van der Waals surface area contributed by atoms with Crippen molar-refractivity contribution in [3.63, 3.8) is 0 Å². The van der Waals surface area contributed by atoms with E-state index in [2.05, 4.69) is 55.0 Å². The minimum Gasteiger partial charge on any atom is -0.341 e. The van der Waals surface area contributed by atoms with Crippen molar-refractivity contribution in [1.29, 1.82) is 0 Å². The van der Waals surface area contributed by atoms with E-state index in [0.29, 0.717) is 28.4 Å². The fraction of sp³-hybridized carbons (Fsp3) is 0.241. The van der Waals surface area contributed by atoms with E-state index in [1.54, 1.807) is 0 Å². The molecule has 1 aliphatic rings. The third kappa shape index (κ3) is 7.09. The zero-order valence-electron chi connectivity index (χ0n) is 22.0. The molecule has 0 unspecified atom stereocenters. The van der Waals surface area contributed by atoms with Crippen molar-refractivity contribution in [1.82, 2.24) is 15.0 Å². The molecule has 0 bridgehead atoms. The number of nitrogens with zero attached hydrogens (tertiary/aromatic N) is 6. The van der Waals surface area contributed by atoms with Crippen LogP contribution >= 0.6 is 11.6 Å². The number of hydrogen-bond acceptors (Lipinski definition) is 9. The molecule has 2 heterocycles. The maximum atomic E-state index is 11.1. The number of benzene rings is 3. The van der Waals surface area contributed by atoms with Crippen LogP contribution in [0.4, 0.5) is 29.2 Å². The summed E-state index contributed by atoms with van der Waals surface area (Å²) in [4.78, 5) is 26.6. The number of nitro benzene ring substituents is 1. The van der Waals surface area contributed by atoms with Crippen LogP contribution < -0.4 is 15.6 Å². The van der Waals surface area contributed by atoms with Gasteiger partial charge in [-0.3, -0.25) is 10.1 Å². The van der Waals surface area contributed by atoms with E-state index in [-0.39, 0.29) is 11.6 Å². The number of nitrogens with one attached hydrogen (secondary N) is 2. The first-order valence-electron chi connectivity index (χ1n) is 13.0. The lowest BCUT2D eigenvalue weighted by Crippen LogP contribution is -2.35. The van der Waals surface area contributed by atoms with Gasteiger partial charge in [0.15, 0.2) is 0 Å². The Morgan fingerprint density at radius 1 is 1.02 bits per heavy atom. The standard InChI is InChI=1S/C29H29ClN8O2/c1-20-7-9-24(10-8-20)32-27-33-28(36-31-19-23-18-25(38(39)40)11-12-26(23)30)35-29(34-27)37-15-13-22(14-16-37)17-21-5-3-2-4-6-21/h2-12,18-19,22H,13-17H2,1H3,(H2,32,33,34,35,36)/b31-19+. The Hall–Kier alpha value is -4.57. The molecule has 11 heteroatoms. The van der Waals surface area contributed by atoms with Crippen molar-refractivity contribution in [3.05, 3.63) is 105 Å². The van der Waals surface area contributed by atoms with Crippen LogP contribution in [0.2, 0.25) is 5.02 Å². The highest BCUT2D eigenvalue weighted by molar-refractivity contribution is 6.33. The number of hydrogen-bond donors (Lipinski definition) is 2. The molecule has 0 amide bonds. The first-order valence-corrected chi connectivity index (χ1v) is 13.4. The molecule has 1 aliphatic heterocycles. The molecule has 5 rings (SSSR count). The van der Waals surface area contributed by atoms with Crippen LogP contribution in [0, 0.1) is 23.0 Å². The first kappa shape index (κ1) is 27.0. The van der Waals surface area contributed by atoms with E-state index in [0.717, 1.165) is 43.6 Å². The van der Waals surface area contributed by atoms with Crippen LogP contribution in [0.1, 0.15) is 29.5 Å². The van der Waals surface area contributed by atoms with Crippen LogP contribution in [0.3, 0.4) is 0 Å². The Morgan fingerprint density at radius 2 is 1.75 bits per heavy atom. The summed E-state index contributed by atoms with van der Waals surface area (Å²) in [5, 5.41) is 18.9. The Kier molecular flexibility index (Phi) is 8.46. The summed E-state index contributed by atoms with van der Waals surface area (Å²) in [7, 11) is 0. The molecule has 40 heavy (non-hydrogen) atoms. The van der Waals surface area contributed by atoms with Crippen molar-refractivity contribution < 1.29 is 4.92 Å². The van der Waals surface area contributed by atoms with Gasteiger partial charge in [0.25, 0.3) is 5.69 Å². The van der Waals surface area contributed by atoms with Crippen LogP contribution in [0.5, 0.6) is 0 Å². The second-order valence-electron chi connectivity index (χ2n) is 9.73. The lowest BCUT2D eigenvalue weighted by atomic mass is 9.90. The van der Waals surface area contributed by atoms with Gasteiger partial charge in [-0.05, 0) is 55.9 Å². The number of aryl methyl sites for hydroxylation is 1. The van der Waals surface area contributed by atoms with Crippen LogP contribution in [0.25, 0.3) is 0 Å². The Labute approximate surface area is 237 Å². The highest BCUT2D eigenvalue weighted by atomic mass is 35.5. The fourth-order valence-corrected chi connectivity index (χ4v) is 4.73. The number of anilines is 4. The maximum absolute atomic E-state index is 11.1. The molecule has 4 aromatic rings. The van der Waals surface area contributed by atoms with Crippen LogP contribution in [-0.2, 0) is 6.42 Å². The summed E-state index contributed by atoms with van der Waals surface area (Å²) in [6.45, 7) is 3.69. The smallest absolute Gasteiger partial charge is 0.270 e. The molecule has 10 nitrogen and oxygen atoms in total. The SMILES string of the molecule is Cc1ccc(Nc2nc(N/N=C/c3cc([N+](=O)[O-])ccc3Cl)nc(N3CCC(Cc4ccccc4)CC3)n2)cc1. The highest BCUT2D eigenvalue weighted by Gasteiger charge is 2.22. The average Bonchev–Trinajstić information content (AvgIpc) is 2.96. The predicted molar refractivity (Wildman–Crippen MR) is 159 cm³/mol. The number of piperidine rings is 1. The van der Waals surface area contributed by atoms with Gasteiger partial charge in [0, 0.05) is 41.5 Å². The number of non-ortho nitro benzene ring substituents is 1. The highest BCUT2D eigenvalue weighted by Crippen LogP contribution is 2.26. The summed E-state index contributed by atoms with van der Waals surface area (Å²) in [5.74, 6) is 1.77. The predicted octanol–water partition coefficient (Wildman–Crippen LogP) is 6.39. The molecule has 1 fully saturated rings. The van der Waals surface area contributed by atoms with Crippen molar-refractivity contribution in [2.24, 2.45) is 11.0 Å². The van der Waals surface area contributed by atoms with Crippen LogP contribution in [-0.4, -0.2) is 39.2 Å². The summed E-state index contributed by atoms with van der Waals surface area (Å²) in [5.41, 5.74) is 6.52. The second kappa shape index (κ2) is 12.5. The van der Waals surface area contributed by atoms with Crippen molar-refractivity contribution in [2.45, 2.75) is 26.2 Å². The van der Waals surface area contributed by atoms with Gasteiger partial charge in [0.1, 0.15) is 0 Å². The molecule has 0 radical (unpaired) electrons. The van der Waals surface area contributed by atoms with Gasteiger partial charge < -0.3 is 10.2 Å². The zero-order valence-corrected chi connectivity index (χ0v) is 22.8. The zero-order chi connectivity index (χ0) is 27.9. The van der Waals surface area contributed by atoms with Gasteiger partial charge in [-0.25, -0.2) is 5.43 Å². The molecule has 1 aromatic heterocycles. The topological polar surface area (TPSA) is 121 Å². The van der Waals surface area contributed by atoms with Gasteiger partial charge in [-0.2, -0.15) is 20.1 Å². The third-order valence-corrected chi connectivity index (χ3v) is 7.10.